The van der Waals surface area contributed by atoms with Gasteiger partial charge in [-0.1, -0.05) is 0 Å². The number of amides is 1. The zero-order valence-corrected chi connectivity index (χ0v) is 17.7. The lowest BCUT2D eigenvalue weighted by Crippen LogP contribution is -2.60. The van der Waals surface area contributed by atoms with Crippen molar-refractivity contribution in [3.8, 4) is 11.5 Å². The molecule has 4 aliphatic carbocycles. The predicted molar refractivity (Wildman–Crippen MR) is 109 cm³/mol. The maximum atomic E-state index is 13.6. The van der Waals surface area contributed by atoms with Gasteiger partial charge in [0.05, 0.1) is 11.0 Å². The number of benzene rings is 1. The summed E-state index contributed by atoms with van der Waals surface area (Å²) in [5.41, 5.74) is 0.343. The number of nitrogens with zero attached hydrogens (tertiary/aromatic N) is 3. The van der Waals surface area contributed by atoms with Gasteiger partial charge in [0, 0.05) is 11.8 Å². The van der Waals surface area contributed by atoms with Crippen LogP contribution < -0.4 is 14.8 Å². The Balaban J connectivity index is 1.30. The predicted octanol–water partition coefficient (Wildman–Crippen LogP) is 3.75. The van der Waals surface area contributed by atoms with Crippen molar-refractivity contribution in [3.05, 3.63) is 29.3 Å². The number of fused-ring (bicyclic) bond motifs is 1. The number of aromatic nitrogens is 3. The Bertz CT molecular complexity index is 976. The van der Waals surface area contributed by atoms with Gasteiger partial charge >= 0.3 is 0 Å². The monoisotopic (exact) mass is 458 g/mol. The lowest BCUT2D eigenvalue weighted by molar-refractivity contribution is -0.150. The van der Waals surface area contributed by atoms with E-state index in [1.54, 1.807) is 0 Å². The summed E-state index contributed by atoms with van der Waals surface area (Å²) >= 11 is 3.38. The first-order chi connectivity index (χ1) is 14.0. The number of halogens is 1. The molecule has 0 saturated heterocycles. The van der Waals surface area contributed by atoms with E-state index in [0.29, 0.717) is 35.5 Å². The van der Waals surface area contributed by atoms with Crippen LogP contribution in [0.5, 0.6) is 11.5 Å². The molecule has 2 heterocycles. The molecule has 152 valence electrons. The van der Waals surface area contributed by atoms with Crippen LogP contribution in [0.1, 0.15) is 38.5 Å². The number of carbonyl (C=O) groups excluding carboxylic acids is 1. The summed E-state index contributed by atoms with van der Waals surface area (Å²) in [5.74, 6) is 2.71. The Morgan fingerprint density at radius 2 is 1.90 bits per heavy atom. The summed E-state index contributed by atoms with van der Waals surface area (Å²) in [6.07, 6.45) is 8.02. The van der Waals surface area contributed by atoms with E-state index in [1.807, 2.05) is 29.2 Å². The van der Waals surface area contributed by atoms with E-state index in [-0.39, 0.29) is 16.9 Å². The van der Waals surface area contributed by atoms with E-state index in [4.69, 9.17) is 9.47 Å². The molecule has 4 bridgehead atoms. The van der Waals surface area contributed by atoms with Crippen molar-refractivity contribution in [2.45, 2.75) is 44.1 Å². The van der Waals surface area contributed by atoms with E-state index >= 15 is 0 Å². The maximum absolute atomic E-state index is 13.6. The Kier molecular flexibility index (Phi) is 3.79. The number of nitrogens with one attached hydrogen (secondary N) is 1. The van der Waals surface area contributed by atoms with E-state index in [9.17, 15) is 4.79 Å². The first-order valence-electron chi connectivity index (χ1n) is 10.3. The minimum absolute atomic E-state index is 0.0900. The van der Waals surface area contributed by atoms with Crippen molar-refractivity contribution >= 4 is 27.5 Å². The fourth-order valence-electron chi connectivity index (χ4n) is 6.60. The van der Waals surface area contributed by atoms with Crippen LogP contribution >= 0.6 is 15.9 Å². The van der Waals surface area contributed by atoms with Gasteiger partial charge in [-0.2, -0.15) is 0 Å². The highest BCUT2D eigenvalue weighted by Crippen LogP contribution is 2.64. The van der Waals surface area contributed by atoms with Crippen molar-refractivity contribution in [2.75, 3.05) is 18.5 Å². The highest BCUT2D eigenvalue weighted by Gasteiger charge is 2.61. The molecule has 1 aliphatic heterocycles. The molecule has 0 unspecified atom stereocenters. The van der Waals surface area contributed by atoms with E-state index < -0.39 is 0 Å². The molecule has 0 spiro atoms. The largest absolute Gasteiger partial charge is 0.486 e. The quantitative estimate of drug-likeness (QED) is 0.757. The number of anilines is 1. The Morgan fingerprint density at radius 3 is 2.62 bits per heavy atom. The van der Waals surface area contributed by atoms with Crippen LogP contribution in [0.2, 0.25) is 0 Å². The van der Waals surface area contributed by atoms with Crippen LogP contribution in [0, 0.1) is 17.3 Å². The number of ether oxygens (including phenoxy) is 2. The van der Waals surface area contributed by atoms with Crippen molar-refractivity contribution < 1.29 is 14.3 Å². The Hall–Kier alpha value is -2.09. The van der Waals surface area contributed by atoms with Crippen LogP contribution in [0.3, 0.4) is 0 Å². The molecule has 8 heteroatoms. The fraction of sp³-hybridized carbons (Fsp3) is 0.571. The molecule has 4 saturated carbocycles. The van der Waals surface area contributed by atoms with Gasteiger partial charge in [0.15, 0.2) is 11.5 Å². The number of hydrogen-bond acceptors (Lipinski definition) is 5. The smallest absolute Gasteiger partial charge is 0.230 e. The number of carbonyl (C=O) groups is 1. The summed E-state index contributed by atoms with van der Waals surface area (Å²) in [5, 5.41) is 7.78. The SMILES string of the molecule is O=C(Nc1ccc2c(c1)OCCO2)C12C[C@H]3C[C@H](C1)CC(n1cnc(Br)n1)(C3)C2. The third-order valence-corrected chi connectivity index (χ3v) is 7.63. The topological polar surface area (TPSA) is 78.3 Å². The van der Waals surface area contributed by atoms with Crippen molar-refractivity contribution in [1.82, 2.24) is 14.8 Å². The summed E-state index contributed by atoms with van der Waals surface area (Å²) in [4.78, 5) is 17.9. The molecule has 2 aromatic rings. The Labute approximate surface area is 177 Å². The highest BCUT2D eigenvalue weighted by atomic mass is 79.9. The molecular formula is C21H23BrN4O3. The van der Waals surface area contributed by atoms with E-state index in [2.05, 4.69) is 31.3 Å². The summed E-state index contributed by atoms with van der Waals surface area (Å²) < 4.78 is 13.9. The minimum atomic E-state index is -0.338. The zero-order chi connectivity index (χ0) is 19.6. The maximum Gasteiger partial charge on any atom is 0.230 e. The van der Waals surface area contributed by atoms with Gasteiger partial charge in [0.25, 0.3) is 0 Å². The number of hydrogen-bond donors (Lipinski definition) is 1. The van der Waals surface area contributed by atoms with Crippen LogP contribution in [-0.2, 0) is 10.3 Å². The molecule has 7 rings (SSSR count). The molecule has 2 atom stereocenters. The first kappa shape index (κ1) is 17.7. The van der Waals surface area contributed by atoms with Gasteiger partial charge in [-0.3, -0.25) is 4.79 Å². The average molecular weight is 459 g/mol. The van der Waals surface area contributed by atoms with Gasteiger partial charge in [0.1, 0.15) is 19.5 Å². The zero-order valence-electron chi connectivity index (χ0n) is 16.1. The highest BCUT2D eigenvalue weighted by molar-refractivity contribution is 9.10. The minimum Gasteiger partial charge on any atom is -0.486 e. The van der Waals surface area contributed by atoms with Gasteiger partial charge in [0.2, 0.25) is 10.6 Å². The van der Waals surface area contributed by atoms with Crippen LogP contribution in [-0.4, -0.2) is 33.9 Å². The molecule has 1 aromatic heterocycles. The number of rotatable bonds is 3. The van der Waals surface area contributed by atoms with E-state index in [1.165, 1.54) is 6.42 Å². The molecule has 0 radical (unpaired) electrons. The second-order valence-electron chi connectivity index (χ2n) is 9.24. The molecule has 7 nitrogen and oxygen atoms in total. The fourth-order valence-corrected chi connectivity index (χ4v) is 6.87. The standard InChI is InChI=1S/C21H23BrN4O3/c22-19-23-12-26(25-19)21-9-13-5-14(10-21)8-20(7-13,11-21)18(27)24-15-1-2-16-17(6-15)29-4-3-28-16/h1-2,6,12-14H,3-5,7-11H2,(H,24,27)/t13-,14-,20?,21?/m1/s1. The van der Waals surface area contributed by atoms with Gasteiger partial charge in [-0.05, 0) is 78.4 Å². The summed E-state index contributed by atoms with van der Waals surface area (Å²) in [6, 6.07) is 5.64. The normalized spacial score (nSPS) is 34.2. The van der Waals surface area contributed by atoms with Crippen LogP contribution in [0.4, 0.5) is 5.69 Å². The van der Waals surface area contributed by atoms with Crippen LogP contribution in [0.15, 0.2) is 29.3 Å². The molecule has 4 fully saturated rings. The molecular weight excluding hydrogens is 436 g/mol. The van der Waals surface area contributed by atoms with Gasteiger partial charge < -0.3 is 14.8 Å². The van der Waals surface area contributed by atoms with Gasteiger partial charge in [-0.15, -0.1) is 5.10 Å². The second kappa shape index (κ2) is 6.20. The summed E-state index contributed by atoms with van der Waals surface area (Å²) in [6.45, 7) is 1.10. The molecule has 1 amide bonds. The van der Waals surface area contributed by atoms with Crippen molar-refractivity contribution in [3.63, 3.8) is 0 Å². The summed E-state index contributed by atoms with van der Waals surface area (Å²) in [7, 11) is 0. The second-order valence-corrected chi connectivity index (χ2v) is 9.95. The lowest BCUT2D eigenvalue weighted by Gasteiger charge is -2.60. The molecule has 1 aromatic carbocycles. The molecule has 1 N–H and O–H groups in total. The van der Waals surface area contributed by atoms with Crippen molar-refractivity contribution in [2.24, 2.45) is 17.3 Å². The third kappa shape index (κ3) is 2.79. The average Bonchev–Trinajstić information content (AvgIpc) is 3.14. The Morgan fingerprint density at radius 1 is 1.14 bits per heavy atom. The van der Waals surface area contributed by atoms with Gasteiger partial charge in [-0.25, -0.2) is 9.67 Å². The first-order valence-corrected chi connectivity index (χ1v) is 11.1. The van der Waals surface area contributed by atoms with Crippen molar-refractivity contribution in [1.29, 1.82) is 0 Å². The third-order valence-electron chi connectivity index (χ3n) is 7.26. The molecule has 29 heavy (non-hydrogen) atoms. The lowest BCUT2D eigenvalue weighted by atomic mass is 9.46. The molecule has 5 aliphatic rings. The van der Waals surface area contributed by atoms with Crippen LogP contribution in [0.25, 0.3) is 0 Å². The van der Waals surface area contributed by atoms with E-state index in [0.717, 1.165) is 43.5 Å².